The van der Waals surface area contributed by atoms with Crippen molar-refractivity contribution in [3.63, 3.8) is 0 Å². The largest absolute Gasteiger partial charge is 0.370 e. The van der Waals surface area contributed by atoms with Crippen molar-refractivity contribution in [3.8, 4) is 0 Å². The molecule has 1 aromatic rings. The topological polar surface area (TPSA) is 51.1 Å². The molecule has 0 radical (unpaired) electrons. The van der Waals surface area contributed by atoms with Gasteiger partial charge in [0.1, 0.15) is 13.1 Å². The molecule has 2 aliphatic rings. The van der Waals surface area contributed by atoms with Gasteiger partial charge in [-0.1, -0.05) is 30.3 Å². The molecule has 3 rings (SSSR count). The first kappa shape index (κ1) is 14.2. The quantitative estimate of drug-likeness (QED) is 0.784. The maximum atomic E-state index is 12.7. The number of imide groups is 1. The molecule has 0 spiro atoms. The highest BCUT2D eigenvalue weighted by Crippen LogP contribution is 2.25. The lowest BCUT2D eigenvalue weighted by molar-refractivity contribution is -0.922. The van der Waals surface area contributed by atoms with E-state index in [-0.39, 0.29) is 23.9 Å². The second-order valence-corrected chi connectivity index (χ2v) is 5.72. The molecule has 0 unspecified atom stereocenters. The molecule has 0 aromatic heterocycles. The van der Waals surface area contributed by atoms with Crippen LogP contribution in [0.15, 0.2) is 30.3 Å². The summed E-state index contributed by atoms with van der Waals surface area (Å²) in [4.78, 5) is 27.6. The lowest BCUT2D eigenvalue weighted by Gasteiger charge is -2.28. The van der Waals surface area contributed by atoms with Crippen molar-refractivity contribution in [2.24, 2.45) is 0 Å². The summed E-state index contributed by atoms with van der Waals surface area (Å²) in [5, 5.41) is 0. The predicted molar refractivity (Wildman–Crippen MR) is 76.6 cm³/mol. The Morgan fingerprint density at radius 1 is 1.19 bits per heavy atom. The molecule has 1 N–H and O–H groups in total. The molecule has 1 aromatic carbocycles. The van der Waals surface area contributed by atoms with E-state index in [2.05, 4.69) is 0 Å². The first-order valence-electron chi connectivity index (χ1n) is 7.51. The van der Waals surface area contributed by atoms with E-state index in [9.17, 15) is 9.59 Å². The van der Waals surface area contributed by atoms with Gasteiger partial charge in [-0.15, -0.1) is 0 Å². The van der Waals surface area contributed by atoms with E-state index in [4.69, 9.17) is 4.74 Å². The Morgan fingerprint density at radius 2 is 1.86 bits per heavy atom. The Morgan fingerprint density at radius 3 is 2.52 bits per heavy atom. The van der Waals surface area contributed by atoms with Crippen LogP contribution in [0.5, 0.6) is 0 Å². The molecule has 2 heterocycles. The number of hydrogen-bond acceptors (Lipinski definition) is 3. The third kappa shape index (κ3) is 2.71. The third-order valence-corrected chi connectivity index (χ3v) is 4.48. The number of rotatable bonds is 3. The minimum Gasteiger partial charge on any atom is -0.370 e. The van der Waals surface area contributed by atoms with Gasteiger partial charge in [0.05, 0.1) is 25.7 Å². The standard InChI is InChI=1S/C16H20N2O3/c1-12(13-5-3-2-4-6-13)18-15(19)11-14(16(18)20)17-7-9-21-10-8-17/h2-6,12,14H,7-11H2,1H3/p+1/t12-,14-/m0/s1. The first-order valence-corrected chi connectivity index (χ1v) is 7.51. The molecule has 0 aliphatic carbocycles. The Bertz CT molecular complexity index is 526. The van der Waals surface area contributed by atoms with Gasteiger partial charge in [0, 0.05) is 0 Å². The van der Waals surface area contributed by atoms with E-state index in [0.29, 0.717) is 19.6 Å². The second kappa shape index (κ2) is 5.95. The van der Waals surface area contributed by atoms with Crippen LogP contribution < -0.4 is 4.90 Å². The van der Waals surface area contributed by atoms with Crippen LogP contribution in [0.1, 0.15) is 24.9 Å². The molecule has 21 heavy (non-hydrogen) atoms. The molecular weight excluding hydrogens is 268 g/mol. The molecule has 5 heteroatoms. The highest BCUT2D eigenvalue weighted by atomic mass is 16.5. The number of amides is 2. The number of carbonyl (C=O) groups excluding carboxylic acids is 2. The number of ether oxygens (including phenoxy) is 1. The Labute approximate surface area is 124 Å². The molecule has 112 valence electrons. The fourth-order valence-corrected chi connectivity index (χ4v) is 3.24. The summed E-state index contributed by atoms with van der Waals surface area (Å²) in [6.45, 7) is 4.86. The van der Waals surface area contributed by atoms with Gasteiger partial charge in [-0.2, -0.15) is 0 Å². The van der Waals surface area contributed by atoms with Gasteiger partial charge in [0.25, 0.3) is 5.91 Å². The summed E-state index contributed by atoms with van der Waals surface area (Å²) >= 11 is 0. The van der Waals surface area contributed by atoms with Crippen molar-refractivity contribution in [2.45, 2.75) is 25.4 Å². The average Bonchev–Trinajstić information content (AvgIpc) is 2.83. The number of morpholine rings is 1. The summed E-state index contributed by atoms with van der Waals surface area (Å²) in [6.07, 6.45) is 0.325. The zero-order valence-corrected chi connectivity index (χ0v) is 12.2. The minimum atomic E-state index is -0.229. The van der Waals surface area contributed by atoms with Crippen molar-refractivity contribution in [2.75, 3.05) is 26.3 Å². The molecule has 0 saturated carbocycles. The third-order valence-electron chi connectivity index (χ3n) is 4.48. The average molecular weight is 289 g/mol. The molecule has 2 saturated heterocycles. The molecule has 2 atom stereocenters. The van der Waals surface area contributed by atoms with Crippen LogP contribution in [0.4, 0.5) is 0 Å². The van der Waals surface area contributed by atoms with Crippen molar-refractivity contribution >= 4 is 11.8 Å². The maximum Gasteiger partial charge on any atom is 0.288 e. The van der Waals surface area contributed by atoms with Crippen molar-refractivity contribution in [1.82, 2.24) is 4.90 Å². The van der Waals surface area contributed by atoms with Gasteiger partial charge >= 0.3 is 0 Å². The Hall–Kier alpha value is -1.72. The number of likely N-dealkylation sites (tertiary alicyclic amines) is 1. The van der Waals surface area contributed by atoms with Gasteiger partial charge in [0.15, 0.2) is 6.04 Å². The van der Waals surface area contributed by atoms with Gasteiger partial charge in [-0.3, -0.25) is 14.5 Å². The molecule has 5 nitrogen and oxygen atoms in total. The number of quaternary nitrogens is 1. The van der Waals surface area contributed by atoms with Gasteiger partial charge in [-0.25, -0.2) is 0 Å². The molecule has 2 fully saturated rings. The summed E-state index contributed by atoms with van der Waals surface area (Å²) < 4.78 is 5.33. The molecular formula is C16H21N2O3+. The second-order valence-electron chi connectivity index (χ2n) is 5.72. The van der Waals surface area contributed by atoms with E-state index in [0.717, 1.165) is 18.7 Å². The fourth-order valence-electron chi connectivity index (χ4n) is 3.24. The summed E-state index contributed by atoms with van der Waals surface area (Å²) in [6, 6.07) is 9.29. The van der Waals surface area contributed by atoms with Crippen LogP contribution in [0.25, 0.3) is 0 Å². The number of benzene rings is 1. The Kier molecular flexibility index (Phi) is 4.03. The number of carbonyl (C=O) groups is 2. The summed E-state index contributed by atoms with van der Waals surface area (Å²) in [7, 11) is 0. The van der Waals surface area contributed by atoms with Crippen LogP contribution >= 0.6 is 0 Å². The monoisotopic (exact) mass is 289 g/mol. The lowest BCUT2D eigenvalue weighted by atomic mass is 10.1. The van der Waals surface area contributed by atoms with E-state index >= 15 is 0 Å². The van der Waals surface area contributed by atoms with Gasteiger partial charge in [0.2, 0.25) is 5.91 Å². The van der Waals surface area contributed by atoms with E-state index in [1.165, 1.54) is 9.80 Å². The summed E-state index contributed by atoms with van der Waals surface area (Å²) in [5.41, 5.74) is 0.997. The highest BCUT2D eigenvalue weighted by molar-refractivity contribution is 6.05. The zero-order chi connectivity index (χ0) is 14.8. The first-order chi connectivity index (χ1) is 10.2. The number of hydrogen-bond donors (Lipinski definition) is 1. The van der Waals surface area contributed by atoms with Crippen LogP contribution in [0, 0.1) is 0 Å². The number of nitrogens with zero attached hydrogens (tertiary/aromatic N) is 1. The van der Waals surface area contributed by atoms with Gasteiger partial charge in [-0.05, 0) is 12.5 Å². The molecule has 2 aliphatic heterocycles. The van der Waals surface area contributed by atoms with Crippen molar-refractivity contribution < 1.29 is 19.2 Å². The van der Waals surface area contributed by atoms with Crippen LogP contribution in [0.3, 0.4) is 0 Å². The van der Waals surface area contributed by atoms with E-state index in [1.807, 2.05) is 37.3 Å². The van der Waals surface area contributed by atoms with Crippen molar-refractivity contribution in [1.29, 1.82) is 0 Å². The van der Waals surface area contributed by atoms with Gasteiger partial charge < -0.3 is 9.64 Å². The SMILES string of the molecule is C[C@@H](c1ccccc1)N1C(=O)C[C@H]([NH+]2CCOCC2)C1=O. The smallest absolute Gasteiger partial charge is 0.288 e. The normalized spacial score (nSPS) is 25.4. The highest BCUT2D eigenvalue weighted by Gasteiger charge is 2.47. The minimum absolute atomic E-state index is 0.0340. The summed E-state index contributed by atoms with van der Waals surface area (Å²) in [5.74, 6) is -0.0893. The lowest BCUT2D eigenvalue weighted by Crippen LogP contribution is -3.18. The van der Waals surface area contributed by atoms with E-state index in [1.54, 1.807) is 0 Å². The van der Waals surface area contributed by atoms with Crippen LogP contribution in [0.2, 0.25) is 0 Å². The van der Waals surface area contributed by atoms with Crippen molar-refractivity contribution in [3.05, 3.63) is 35.9 Å². The molecule has 2 amide bonds. The van der Waals surface area contributed by atoms with E-state index < -0.39 is 0 Å². The maximum absolute atomic E-state index is 12.7. The predicted octanol–water partition coefficient (Wildman–Crippen LogP) is -0.210. The number of nitrogens with one attached hydrogen (secondary N) is 1. The fraction of sp³-hybridized carbons (Fsp3) is 0.500. The molecule has 0 bridgehead atoms. The van der Waals surface area contributed by atoms with Crippen LogP contribution in [-0.4, -0.2) is 49.1 Å². The zero-order valence-electron chi connectivity index (χ0n) is 12.2. The van der Waals surface area contributed by atoms with Crippen LogP contribution in [-0.2, 0) is 14.3 Å². The Balaban J connectivity index is 1.77.